The molecule has 0 saturated carbocycles. The van der Waals surface area contributed by atoms with Crippen LogP contribution in [-0.2, 0) is 0 Å². The largest absolute Gasteiger partial charge is 0.155 e. The Morgan fingerprint density at radius 3 is 3.11 bits per heavy atom. The molecule has 0 bridgehead atoms. The van der Waals surface area contributed by atoms with Crippen molar-refractivity contribution in [3.63, 3.8) is 0 Å². The summed E-state index contributed by atoms with van der Waals surface area (Å²) < 4.78 is 0. The predicted molar refractivity (Wildman–Crippen MR) is 47.3 cm³/mol. The van der Waals surface area contributed by atoms with Gasteiger partial charge in [-0.05, 0) is 6.42 Å². The average molecular weight is 158 g/mol. The van der Waals surface area contributed by atoms with Crippen LogP contribution < -0.4 is 0 Å². The molecule has 50 valence electrons. The lowest BCUT2D eigenvalue weighted by molar-refractivity contribution is 0.998. The van der Waals surface area contributed by atoms with Gasteiger partial charge in [0.25, 0.3) is 0 Å². The SMILES string of the molecule is C=CCC1CS[CH][CH]S1. The van der Waals surface area contributed by atoms with E-state index in [9.17, 15) is 0 Å². The van der Waals surface area contributed by atoms with Gasteiger partial charge in [0.05, 0.1) is 0 Å². The molecule has 0 N–H and O–H groups in total. The number of hydrogen-bond acceptors (Lipinski definition) is 2. The fraction of sp³-hybridized carbons (Fsp3) is 0.429. The van der Waals surface area contributed by atoms with E-state index >= 15 is 0 Å². The van der Waals surface area contributed by atoms with Crippen LogP contribution in [0.5, 0.6) is 0 Å². The Bertz CT molecular complexity index is 84.9. The van der Waals surface area contributed by atoms with Gasteiger partial charge < -0.3 is 0 Å². The molecule has 0 nitrogen and oxygen atoms in total. The lowest BCUT2D eigenvalue weighted by Crippen LogP contribution is -2.07. The minimum absolute atomic E-state index is 0.775. The van der Waals surface area contributed by atoms with Gasteiger partial charge in [-0.25, -0.2) is 0 Å². The minimum Gasteiger partial charge on any atom is -0.155 e. The van der Waals surface area contributed by atoms with Crippen LogP contribution in [0.25, 0.3) is 0 Å². The number of allylic oxidation sites excluding steroid dienone is 1. The molecule has 1 heterocycles. The lowest BCUT2D eigenvalue weighted by atomic mass is 10.3. The second-order valence-corrected chi connectivity index (χ2v) is 4.04. The standard InChI is InChI=1S/C7H10S2/c1-2-3-7-6-8-4-5-9-7/h2,4-5,7H,1,3,6H2. The van der Waals surface area contributed by atoms with Crippen LogP contribution in [0.15, 0.2) is 12.7 Å². The van der Waals surface area contributed by atoms with Gasteiger partial charge in [-0.15, -0.1) is 6.58 Å². The summed E-state index contributed by atoms with van der Waals surface area (Å²) in [6.45, 7) is 3.71. The average Bonchev–Trinajstić information content (AvgIpc) is 1.91. The summed E-state index contributed by atoms with van der Waals surface area (Å²) in [7, 11) is 0. The summed E-state index contributed by atoms with van der Waals surface area (Å²) in [6.07, 6.45) is 3.14. The van der Waals surface area contributed by atoms with Crippen LogP contribution >= 0.6 is 23.5 Å². The zero-order valence-corrected chi connectivity index (χ0v) is 6.88. The molecule has 1 atom stereocenters. The maximum Gasteiger partial charge on any atom is 0.0310 e. The first-order valence-corrected chi connectivity index (χ1v) is 4.95. The maximum absolute atomic E-state index is 3.71. The maximum atomic E-state index is 3.71. The van der Waals surface area contributed by atoms with Crippen LogP contribution in [0.1, 0.15) is 6.42 Å². The van der Waals surface area contributed by atoms with E-state index in [0.29, 0.717) is 0 Å². The molecule has 1 rings (SSSR count). The summed E-state index contributed by atoms with van der Waals surface area (Å²) >= 11 is 3.81. The first-order chi connectivity index (χ1) is 4.43. The quantitative estimate of drug-likeness (QED) is 0.567. The van der Waals surface area contributed by atoms with E-state index in [4.69, 9.17) is 0 Å². The van der Waals surface area contributed by atoms with Gasteiger partial charge in [0.2, 0.25) is 0 Å². The van der Waals surface area contributed by atoms with E-state index in [2.05, 4.69) is 18.1 Å². The van der Waals surface area contributed by atoms with Crippen LogP contribution in [0.2, 0.25) is 0 Å². The van der Waals surface area contributed by atoms with E-state index in [0.717, 1.165) is 11.7 Å². The molecular weight excluding hydrogens is 148 g/mol. The zero-order valence-electron chi connectivity index (χ0n) is 5.25. The van der Waals surface area contributed by atoms with Crippen LogP contribution in [0.4, 0.5) is 0 Å². The van der Waals surface area contributed by atoms with Crippen molar-refractivity contribution in [1.29, 1.82) is 0 Å². The van der Waals surface area contributed by atoms with E-state index in [-0.39, 0.29) is 0 Å². The van der Waals surface area contributed by atoms with Gasteiger partial charge >= 0.3 is 0 Å². The Morgan fingerprint density at radius 2 is 2.56 bits per heavy atom. The second-order valence-electron chi connectivity index (χ2n) is 1.89. The van der Waals surface area contributed by atoms with Crippen molar-refractivity contribution >= 4 is 23.5 Å². The molecule has 0 spiro atoms. The van der Waals surface area contributed by atoms with Crippen molar-refractivity contribution < 1.29 is 0 Å². The van der Waals surface area contributed by atoms with E-state index in [1.165, 1.54) is 5.75 Å². The van der Waals surface area contributed by atoms with Gasteiger partial charge in [-0.2, -0.15) is 23.5 Å². The third-order valence-electron chi connectivity index (χ3n) is 1.13. The number of thioether (sulfide) groups is 2. The molecule has 0 aromatic heterocycles. The third kappa shape index (κ3) is 2.67. The fourth-order valence-electron chi connectivity index (χ4n) is 0.694. The van der Waals surface area contributed by atoms with E-state index in [1.807, 2.05) is 29.6 Å². The Morgan fingerprint density at radius 1 is 1.67 bits per heavy atom. The predicted octanol–water partition coefficient (Wildman–Crippen LogP) is 2.73. The molecule has 1 fully saturated rings. The topological polar surface area (TPSA) is 0 Å². The molecule has 0 amide bonds. The Kier molecular flexibility index (Phi) is 3.59. The molecular formula is C7H10S2. The van der Waals surface area contributed by atoms with Crippen molar-refractivity contribution in [3.8, 4) is 0 Å². The van der Waals surface area contributed by atoms with Crippen LogP contribution in [0, 0.1) is 11.5 Å². The van der Waals surface area contributed by atoms with Crippen molar-refractivity contribution in [1.82, 2.24) is 0 Å². The van der Waals surface area contributed by atoms with E-state index < -0.39 is 0 Å². The molecule has 1 saturated heterocycles. The van der Waals surface area contributed by atoms with Crippen molar-refractivity contribution in [3.05, 3.63) is 24.2 Å². The summed E-state index contributed by atoms with van der Waals surface area (Å²) in [5.74, 6) is 5.57. The molecule has 0 aromatic carbocycles. The number of hydrogen-bond donors (Lipinski definition) is 0. The van der Waals surface area contributed by atoms with Crippen molar-refractivity contribution in [2.75, 3.05) is 5.75 Å². The van der Waals surface area contributed by atoms with E-state index in [1.54, 1.807) is 0 Å². The van der Waals surface area contributed by atoms with Gasteiger partial charge in [0.1, 0.15) is 0 Å². The van der Waals surface area contributed by atoms with Gasteiger partial charge in [-0.3, -0.25) is 0 Å². The zero-order chi connectivity index (χ0) is 6.53. The van der Waals surface area contributed by atoms with Gasteiger partial charge in [0.15, 0.2) is 0 Å². The van der Waals surface area contributed by atoms with Crippen LogP contribution in [0.3, 0.4) is 0 Å². The summed E-state index contributed by atoms with van der Waals surface area (Å²) in [6, 6.07) is 0. The first-order valence-electron chi connectivity index (χ1n) is 2.96. The number of rotatable bonds is 2. The molecule has 0 aliphatic carbocycles. The van der Waals surface area contributed by atoms with Crippen molar-refractivity contribution in [2.45, 2.75) is 11.7 Å². The highest BCUT2D eigenvalue weighted by Crippen LogP contribution is 2.32. The smallest absolute Gasteiger partial charge is 0.0310 e. The molecule has 9 heavy (non-hydrogen) atoms. The Balaban J connectivity index is 2.15. The fourth-order valence-corrected chi connectivity index (χ4v) is 2.75. The highest BCUT2D eigenvalue weighted by molar-refractivity contribution is 8.09. The molecule has 1 aliphatic heterocycles. The Labute approximate surface area is 65.5 Å². The third-order valence-corrected chi connectivity index (χ3v) is 3.48. The summed E-state index contributed by atoms with van der Waals surface area (Å²) in [5.41, 5.74) is 0. The Hall–Kier alpha value is 0.440. The van der Waals surface area contributed by atoms with Crippen molar-refractivity contribution in [2.24, 2.45) is 0 Å². The minimum atomic E-state index is 0.775. The first kappa shape index (κ1) is 7.55. The molecule has 2 heteroatoms. The summed E-state index contributed by atoms with van der Waals surface area (Å²) in [4.78, 5) is 0. The van der Waals surface area contributed by atoms with Crippen LogP contribution in [-0.4, -0.2) is 11.0 Å². The molecule has 0 aromatic rings. The van der Waals surface area contributed by atoms with Gasteiger partial charge in [0, 0.05) is 22.5 Å². The van der Waals surface area contributed by atoms with Gasteiger partial charge in [-0.1, -0.05) is 6.08 Å². The highest BCUT2D eigenvalue weighted by Gasteiger charge is 2.11. The lowest BCUT2D eigenvalue weighted by Gasteiger charge is -2.17. The monoisotopic (exact) mass is 158 g/mol. The summed E-state index contributed by atoms with van der Waals surface area (Å²) in [5, 5.41) is 0.775. The molecule has 2 radical (unpaired) electrons. The molecule has 1 aliphatic rings. The molecule has 1 unspecified atom stereocenters. The normalized spacial score (nSPS) is 27.8. The highest BCUT2D eigenvalue weighted by atomic mass is 32.2. The second kappa shape index (κ2) is 4.29.